The molecule has 0 bridgehead atoms. The van der Waals surface area contributed by atoms with E-state index in [1.807, 2.05) is 31.2 Å². The summed E-state index contributed by atoms with van der Waals surface area (Å²) in [7, 11) is -3.32. The Morgan fingerprint density at radius 3 is 2.64 bits per heavy atom. The average molecular weight is 398 g/mol. The number of amides is 1. The number of pyridine rings is 1. The second kappa shape index (κ2) is 7.27. The average Bonchev–Trinajstić information content (AvgIpc) is 3.40. The van der Waals surface area contributed by atoms with E-state index in [-0.39, 0.29) is 17.6 Å². The maximum Gasteiger partial charge on any atom is 0.232 e. The molecule has 0 atom stereocenters. The van der Waals surface area contributed by atoms with E-state index >= 15 is 0 Å². The number of H-pyrrole nitrogens is 1. The molecule has 1 aliphatic rings. The number of sulfonamides is 1. The van der Waals surface area contributed by atoms with E-state index in [0.717, 1.165) is 29.4 Å². The molecule has 1 aliphatic carbocycles. The van der Waals surface area contributed by atoms with Crippen molar-refractivity contribution in [3.8, 4) is 11.1 Å². The highest BCUT2D eigenvalue weighted by molar-refractivity contribution is 7.92. The first-order chi connectivity index (χ1) is 13.4. The number of benzene rings is 1. The van der Waals surface area contributed by atoms with Gasteiger partial charge in [0, 0.05) is 23.2 Å². The molecule has 146 valence electrons. The van der Waals surface area contributed by atoms with Crippen LogP contribution in [0, 0.1) is 5.92 Å². The molecule has 0 radical (unpaired) electrons. The number of hydrogen-bond donors (Lipinski definition) is 3. The lowest BCUT2D eigenvalue weighted by Gasteiger charge is -2.10. The van der Waals surface area contributed by atoms with Gasteiger partial charge in [-0.1, -0.05) is 19.1 Å². The van der Waals surface area contributed by atoms with Crippen LogP contribution < -0.4 is 10.0 Å². The van der Waals surface area contributed by atoms with Crippen molar-refractivity contribution >= 4 is 38.5 Å². The van der Waals surface area contributed by atoms with Crippen LogP contribution in [0.5, 0.6) is 0 Å². The van der Waals surface area contributed by atoms with Gasteiger partial charge in [0.1, 0.15) is 11.5 Å². The number of rotatable bonds is 7. The zero-order valence-corrected chi connectivity index (χ0v) is 16.3. The quantitative estimate of drug-likeness (QED) is 0.564. The highest BCUT2D eigenvalue weighted by atomic mass is 32.2. The lowest BCUT2D eigenvalue weighted by atomic mass is 10.0. The molecular weight excluding hydrogens is 376 g/mol. The smallest absolute Gasteiger partial charge is 0.232 e. The van der Waals surface area contributed by atoms with Gasteiger partial charge in [0.25, 0.3) is 0 Å². The van der Waals surface area contributed by atoms with Gasteiger partial charge < -0.3 is 10.3 Å². The molecular formula is C20H22N4O3S. The van der Waals surface area contributed by atoms with E-state index in [2.05, 4.69) is 20.0 Å². The number of carbonyl (C=O) groups excluding carboxylic acids is 1. The van der Waals surface area contributed by atoms with Crippen LogP contribution in [0.1, 0.15) is 26.2 Å². The molecule has 3 aromatic rings. The van der Waals surface area contributed by atoms with Crippen molar-refractivity contribution in [3.05, 3.63) is 42.6 Å². The third kappa shape index (κ3) is 4.01. The van der Waals surface area contributed by atoms with Crippen molar-refractivity contribution in [1.29, 1.82) is 0 Å². The first kappa shape index (κ1) is 18.5. The molecule has 3 N–H and O–H groups in total. The summed E-state index contributed by atoms with van der Waals surface area (Å²) in [5.41, 5.74) is 3.04. The van der Waals surface area contributed by atoms with E-state index in [1.54, 1.807) is 18.3 Å². The molecule has 0 saturated heterocycles. The van der Waals surface area contributed by atoms with Crippen LogP contribution in [0.4, 0.5) is 11.5 Å². The first-order valence-electron chi connectivity index (χ1n) is 9.35. The summed E-state index contributed by atoms with van der Waals surface area (Å²) in [6.45, 7) is 1.83. The molecule has 0 aliphatic heterocycles. The maximum atomic E-state index is 12.1. The van der Waals surface area contributed by atoms with Gasteiger partial charge in [-0.05, 0) is 54.7 Å². The highest BCUT2D eigenvalue weighted by Crippen LogP contribution is 2.33. The molecule has 1 amide bonds. The molecule has 2 aromatic heterocycles. The third-order valence-electron chi connectivity index (χ3n) is 4.67. The van der Waals surface area contributed by atoms with E-state index in [0.29, 0.717) is 23.6 Å². The van der Waals surface area contributed by atoms with Gasteiger partial charge in [0.05, 0.1) is 5.75 Å². The maximum absolute atomic E-state index is 12.1. The van der Waals surface area contributed by atoms with Crippen molar-refractivity contribution in [3.63, 3.8) is 0 Å². The second-order valence-electron chi connectivity index (χ2n) is 7.06. The van der Waals surface area contributed by atoms with E-state index in [9.17, 15) is 13.2 Å². The summed E-state index contributed by atoms with van der Waals surface area (Å²) in [5.74, 6) is 0.701. The fourth-order valence-electron chi connectivity index (χ4n) is 3.13. The van der Waals surface area contributed by atoms with Crippen molar-refractivity contribution in [1.82, 2.24) is 9.97 Å². The monoisotopic (exact) mass is 398 g/mol. The van der Waals surface area contributed by atoms with Gasteiger partial charge >= 0.3 is 0 Å². The van der Waals surface area contributed by atoms with E-state index < -0.39 is 10.0 Å². The molecule has 1 aromatic carbocycles. The Labute approximate surface area is 163 Å². The second-order valence-corrected chi connectivity index (χ2v) is 8.90. The van der Waals surface area contributed by atoms with E-state index in [4.69, 9.17) is 0 Å². The number of carbonyl (C=O) groups is 1. The summed E-state index contributed by atoms with van der Waals surface area (Å²) < 4.78 is 26.5. The van der Waals surface area contributed by atoms with Gasteiger partial charge in [-0.25, -0.2) is 13.4 Å². The van der Waals surface area contributed by atoms with Crippen LogP contribution in [0.3, 0.4) is 0 Å². The molecule has 4 rings (SSSR count). The summed E-state index contributed by atoms with van der Waals surface area (Å²) >= 11 is 0. The van der Waals surface area contributed by atoms with Crippen LogP contribution in [0.25, 0.3) is 22.2 Å². The number of aromatic amines is 1. The molecule has 8 heteroatoms. The van der Waals surface area contributed by atoms with Gasteiger partial charge in [0.15, 0.2) is 0 Å². The number of anilines is 2. The van der Waals surface area contributed by atoms with Gasteiger partial charge in [-0.15, -0.1) is 0 Å². The molecule has 2 heterocycles. The molecule has 7 nitrogen and oxygen atoms in total. The largest absolute Gasteiger partial charge is 0.346 e. The summed E-state index contributed by atoms with van der Waals surface area (Å²) in [6, 6.07) is 11.0. The molecule has 1 saturated carbocycles. The molecule has 0 unspecified atom stereocenters. The van der Waals surface area contributed by atoms with Crippen LogP contribution in [-0.4, -0.2) is 30.0 Å². The third-order valence-corrected chi connectivity index (χ3v) is 6.16. The molecule has 28 heavy (non-hydrogen) atoms. The first-order valence-corrected chi connectivity index (χ1v) is 11.0. The normalized spacial score (nSPS) is 14.2. The SMILES string of the molecule is CCCS(=O)(=O)Nc1ccc(-c2cc(NC(=O)C3CC3)nc3[nH]ccc23)cc1. The summed E-state index contributed by atoms with van der Waals surface area (Å²) in [5, 5.41) is 3.82. The predicted octanol–water partition coefficient (Wildman–Crippen LogP) is 3.73. The van der Waals surface area contributed by atoms with Crippen LogP contribution >= 0.6 is 0 Å². The molecule has 0 spiro atoms. The van der Waals surface area contributed by atoms with Gasteiger partial charge in [0.2, 0.25) is 15.9 Å². The van der Waals surface area contributed by atoms with Crippen LogP contribution in [0.15, 0.2) is 42.6 Å². The number of aromatic nitrogens is 2. The Morgan fingerprint density at radius 2 is 1.96 bits per heavy atom. The van der Waals surface area contributed by atoms with Crippen LogP contribution in [-0.2, 0) is 14.8 Å². The fourth-order valence-corrected chi connectivity index (χ4v) is 4.27. The molecule has 1 fully saturated rings. The van der Waals surface area contributed by atoms with Crippen molar-refractivity contribution in [2.45, 2.75) is 26.2 Å². The minimum atomic E-state index is -3.32. The zero-order valence-electron chi connectivity index (χ0n) is 15.5. The fraction of sp³-hybridized carbons (Fsp3) is 0.300. The predicted molar refractivity (Wildman–Crippen MR) is 111 cm³/mol. The summed E-state index contributed by atoms with van der Waals surface area (Å²) in [6.07, 6.45) is 4.23. The number of fused-ring (bicyclic) bond motifs is 1. The number of nitrogens with zero attached hydrogens (tertiary/aromatic N) is 1. The van der Waals surface area contributed by atoms with Crippen molar-refractivity contribution in [2.75, 3.05) is 15.8 Å². The standard InChI is InChI=1S/C20H22N4O3S/c1-2-11-28(26,27)24-15-7-5-13(6-8-15)17-12-18(23-20(25)14-3-4-14)22-19-16(17)9-10-21-19/h5-10,12,14,24H,2-4,11H2,1H3,(H2,21,22,23,25). The summed E-state index contributed by atoms with van der Waals surface area (Å²) in [4.78, 5) is 19.7. The van der Waals surface area contributed by atoms with Gasteiger partial charge in [-0.2, -0.15) is 0 Å². The minimum absolute atomic E-state index is 0.00466. The Kier molecular flexibility index (Phi) is 4.80. The van der Waals surface area contributed by atoms with Gasteiger partial charge in [-0.3, -0.25) is 9.52 Å². The Bertz CT molecular complexity index is 1120. The number of nitrogens with one attached hydrogen (secondary N) is 3. The topological polar surface area (TPSA) is 104 Å². The number of hydrogen-bond acceptors (Lipinski definition) is 4. The Hall–Kier alpha value is -2.87. The van der Waals surface area contributed by atoms with Crippen molar-refractivity contribution in [2.24, 2.45) is 5.92 Å². The highest BCUT2D eigenvalue weighted by Gasteiger charge is 2.30. The lowest BCUT2D eigenvalue weighted by Crippen LogP contribution is -2.15. The minimum Gasteiger partial charge on any atom is -0.346 e. The Morgan fingerprint density at radius 1 is 1.21 bits per heavy atom. The van der Waals surface area contributed by atoms with Crippen molar-refractivity contribution < 1.29 is 13.2 Å². The van der Waals surface area contributed by atoms with E-state index in [1.165, 1.54) is 0 Å². The van der Waals surface area contributed by atoms with Crippen LogP contribution in [0.2, 0.25) is 0 Å². The lowest BCUT2D eigenvalue weighted by molar-refractivity contribution is -0.117. The Balaban J connectivity index is 1.64. The zero-order chi connectivity index (χ0) is 19.7.